The van der Waals surface area contributed by atoms with Crippen LogP contribution in [-0.2, 0) is 6.42 Å². The number of carbonyl (C=O) groups excluding carboxylic acids is 1. The van der Waals surface area contributed by atoms with Gasteiger partial charge in [-0.1, -0.05) is 12.1 Å². The van der Waals surface area contributed by atoms with Gasteiger partial charge in [0.15, 0.2) is 11.5 Å². The zero-order valence-electron chi connectivity index (χ0n) is 16.5. The Kier molecular flexibility index (Phi) is 4.78. The molecule has 3 aromatic rings. The number of aromatic nitrogens is 3. The first kappa shape index (κ1) is 18.5. The quantitative estimate of drug-likeness (QED) is 0.593. The van der Waals surface area contributed by atoms with Crippen LogP contribution in [0.15, 0.2) is 48.9 Å². The van der Waals surface area contributed by atoms with Gasteiger partial charge in [-0.25, -0.2) is 9.97 Å². The molecule has 2 aliphatic heterocycles. The molecule has 1 saturated carbocycles. The normalized spacial score (nSPS) is 20.7. The fraction of sp³-hybridized carbons (Fsp3) is 0.304. The maximum absolute atomic E-state index is 13.0. The van der Waals surface area contributed by atoms with E-state index in [4.69, 9.17) is 10.5 Å². The molecule has 152 valence electrons. The fourth-order valence-electron chi connectivity index (χ4n) is 4.29. The van der Waals surface area contributed by atoms with Crippen molar-refractivity contribution in [3.63, 3.8) is 0 Å². The molecule has 3 aliphatic rings. The van der Waals surface area contributed by atoms with Crippen LogP contribution in [0.2, 0.25) is 0 Å². The second-order valence-electron chi connectivity index (χ2n) is 7.97. The number of nitrogens with one attached hydrogen (secondary N) is 1. The minimum Gasteiger partial charge on any atom is -0.490 e. The number of rotatable bonds is 0. The van der Waals surface area contributed by atoms with Gasteiger partial charge in [0.25, 0.3) is 5.91 Å². The predicted molar refractivity (Wildman–Crippen MR) is 114 cm³/mol. The van der Waals surface area contributed by atoms with Gasteiger partial charge in [-0.2, -0.15) is 0 Å². The molecule has 0 saturated heterocycles. The Morgan fingerprint density at radius 3 is 2.83 bits per heavy atom. The molecule has 3 N–H and O–H groups in total. The summed E-state index contributed by atoms with van der Waals surface area (Å²) in [5.74, 6) is 1.06. The highest BCUT2D eigenvalue weighted by Crippen LogP contribution is 2.33. The average Bonchev–Trinajstić information content (AvgIpc) is 2.76. The lowest BCUT2D eigenvalue weighted by molar-refractivity contribution is 0.102. The first-order valence-electron chi connectivity index (χ1n) is 10.3. The zero-order valence-corrected chi connectivity index (χ0v) is 16.5. The largest absolute Gasteiger partial charge is 0.490 e. The Balaban J connectivity index is 1.59. The van der Waals surface area contributed by atoms with Crippen LogP contribution < -0.4 is 15.8 Å². The fourth-order valence-corrected chi connectivity index (χ4v) is 4.29. The monoisotopic (exact) mass is 401 g/mol. The summed E-state index contributed by atoms with van der Waals surface area (Å²) in [5.41, 5.74) is 9.25. The maximum atomic E-state index is 13.0. The van der Waals surface area contributed by atoms with Crippen molar-refractivity contribution in [1.82, 2.24) is 15.0 Å². The standard InChI is InChI=1S/C23H23N5O2/c24-22-21-23(29)28-19-12-25-9-8-16(19)10-14-4-6-17(7-5-14)30-18-3-1-2-15(11-18)20(27-21)13-26-22/h1-3,8-9,11-14,17H,4-7,10H2,(H2,24,26)(H,28,29). The number of carbonyl (C=O) groups is 1. The Hall–Kier alpha value is -3.48. The topological polar surface area (TPSA) is 103 Å². The van der Waals surface area contributed by atoms with Crippen LogP contribution in [0.3, 0.4) is 0 Å². The summed E-state index contributed by atoms with van der Waals surface area (Å²) in [4.78, 5) is 25.9. The van der Waals surface area contributed by atoms with E-state index in [1.807, 2.05) is 30.3 Å². The summed E-state index contributed by atoms with van der Waals surface area (Å²) in [6.45, 7) is 0. The van der Waals surface area contributed by atoms with Crippen molar-refractivity contribution in [2.24, 2.45) is 5.92 Å². The molecule has 0 atom stereocenters. The third-order valence-electron chi connectivity index (χ3n) is 5.91. The molecule has 6 bridgehead atoms. The molecule has 0 unspecified atom stereocenters. The van der Waals surface area contributed by atoms with Gasteiger partial charge in [-0.15, -0.1) is 0 Å². The maximum Gasteiger partial charge on any atom is 0.278 e. The van der Waals surface area contributed by atoms with Crippen molar-refractivity contribution >= 4 is 17.4 Å². The van der Waals surface area contributed by atoms with Gasteiger partial charge >= 0.3 is 0 Å². The number of hydrogen-bond donors (Lipinski definition) is 2. The van der Waals surface area contributed by atoms with Crippen molar-refractivity contribution in [3.8, 4) is 17.0 Å². The second kappa shape index (κ2) is 7.74. The van der Waals surface area contributed by atoms with Gasteiger partial charge in [0.05, 0.1) is 29.9 Å². The second-order valence-corrected chi connectivity index (χ2v) is 7.97. The van der Waals surface area contributed by atoms with E-state index in [0.717, 1.165) is 49.0 Å². The highest BCUT2D eigenvalue weighted by Gasteiger charge is 2.25. The molecule has 4 heterocycles. The molecule has 2 aromatic heterocycles. The summed E-state index contributed by atoms with van der Waals surface area (Å²) >= 11 is 0. The van der Waals surface area contributed by atoms with Crippen LogP contribution in [0.1, 0.15) is 41.7 Å². The molecular formula is C23H23N5O2. The van der Waals surface area contributed by atoms with Crippen molar-refractivity contribution in [2.75, 3.05) is 11.1 Å². The van der Waals surface area contributed by atoms with Gasteiger partial charge in [-0.3, -0.25) is 9.78 Å². The first-order chi connectivity index (χ1) is 14.7. The lowest BCUT2D eigenvalue weighted by Gasteiger charge is -2.29. The van der Waals surface area contributed by atoms with Crippen LogP contribution in [0, 0.1) is 5.92 Å². The number of pyridine rings is 1. The Bertz CT molecular complexity index is 1090. The van der Waals surface area contributed by atoms with E-state index in [-0.39, 0.29) is 23.5 Å². The molecule has 0 radical (unpaired) electrons. The molecule has 1 amide bonds. The van der Waals surface area contributed by atoms with Crippen LogP contribution in [0.25, 0.3) is 11.3 Å². The van der Waals surface area contributed by atoms with Crippen LogP contribution in [-0.4, -0.2) is 27.0 Å². The molecular weight excluding hydrogens is 378 g/mol. The summed E-state index contributed by atoms with van der Waals surface area (Å²) in [6.07, 6.45) is 10.4. The molecule has 7 heteroatoms. The van der Waals surface area contributed by atoms with Gasteiger partial charge in [-0.05, 0) is 61.8 Å². The van der Waals surface area contributed by atoms with Crippen LogP contribution >= 0.6 is 0 Å². The molecule has 0 spiro atoms. The van der Waals surface area contributed by atoms with E-state index >= 15 is 0 Å². The van der Waals surface area contributed by atoms with E-state index in [9.17, 15) is 4.79 Å². The van der Waals surface area contributed by atoms with E-state index < -0.39 is 0 Å². The number of benzene rings is 1. The van der Waals surface area contributed by atoms with E-state index in [2.05, 4.69) is 20.3 Å². The van der Waals surface area contributed by atoms with E-state index in [1.54, 1.807) is 18.6 Å². The Morgan fingerprint density at radius 1 is 1.10 bits per heavy atom. The number of amides is 1. The highest BCUT2D eigenvalue weighted by molar-refractivity contribution is 6.06. The zero-order chi connectivity index (χ0) is 20.5. The van der Waals surface area contributed by atoms with Gasteiger partial charge < -0.3 is 15.8 Å². The van der Waals surface area contributed by atoms with Gasteiger partial charge in [0, 0.05) is 11.8 Å². The van der Waals surface area contributed by atoms with Crippen molar-refractivity contribution in [2.45, 2.75) is 38.2 Å². The lowest BCUT2D eigenvalue weighted by Crippen LogP contribution is -2.25. The number of hydrogen-bond acceptors (Lipinski definition) is 6. The number of nitrogens with two attached hydrogens (primary N) is 1. The molecule has 30 heavy (non-hydrogen) atoms. The molecule has 1 aromatic carbocycles. The molecule has 6 rings (SSSR count). The van der Waals surface area contributed by atoms with Gasteiger partial charge in [0.2, 0.25) is 0 Å². The molecule has 1 fully saturated rings. The van der Waals surface area contributed by atoms with E-state index in [1.165, 1.54) is 0 Å². The highest BCUT2D eigenvalue weighted by atomic mass is 16.5. The van der Waals surface area contributed by atoms with Crippen molar-refractivity contribution < 1.29 is 9.53 Å². The average molecular weight is 401 g/mol. The lowest BCUT2D eigenvalue weighted by atomic mass is 9.83. The third kappa shape index (κ3) is 3.70. The minimum atomic E-state index is -0.390. The molecule has 1 aliphatic carbocycles. The van der Waals surface area contributed by atoms with Crippen LogP contribution in [0.5, 0.6) is 5.75 Å². The van der Waals surface area contributed by atoms with Crippen LogP contribution in [0.4, 0.5) is 11.5 Å². The van der Waals surface area contributed by atoms with Crippen molar-refractivity contribution in [3.05, 3.63) is 60.2 Å². The van der Waals surface area contributed by atoms with Gasteiger partial charge in [0.1, 0.15) is 5.75 Å². The first-order valence-corrected chi connectivity index (χ1v) is 10.3. The smallest absolute Gasteiger partial charge is 0.278 e. The number of nitrogen functional groups attached to an aromatic ring is 1. The predicted octanol–water partition coefficient (Wildman–Crippen LogP) is 3.87. The molecule has 7 nitrogen and oxygen atoms in total. The Labute approximate surface area is 174 Å². The number of anilines is 2. The summed E-state index contributed by atoms with van der Waals surface area (Å²) in [5, 5.41) is 2.95. The Morgan fingerprint density at radius 2 is 1.97 bits per heavy atom. The number of ether oxygens (including phenoxy) is 1. The summed E-state index contributed by atoms with van der Waals surface area (Å²) < 4.78 is 6.27. The SMILES string of the molecule is Nc1ncc2nc1C(=O)Nc1cnccc1CC1CCC(CC1)Oc1cccc-2c1. The van der Waals surface area contributed by atoms with Crippen molar-refractivity contribution in [1.29, 1.82) is 0 Å². The minimum absolute atomic E-state index is 0.0919. The summed E-state index contributed by atoms with van der Waals surface area (Å²) in [6, 6.07) is 9.73. The number of fused-ring (bicyclic) bond motifs is 3. The number of nitrogens with zero attached hydrogens (tertiary/aromatic N) is 3. The van der Waals surface area contributed by atoms with E-state index in [0.29, 0.717) is 17.3 Å². The third-order valence-corrected chi connectivity index (χ3v) is 5.91. The summed E-state index contributed by atoms with van der Waals surface area (Å²) in [7, 11) is 0.